The van der Waals surface area contributed by atoms with Crippen LogP contribution in [-0.4, -0.2) is 12.0 Å². The molecular weight excluding hydrogens is 264 g/mol. The molecule has 20 heavy (non-hydrogen) atoms. The topological polar surface area (TPSA) is 17.1 Å². The van der Waals surface area contributed by atoms with Crippen LogP contribution in [0.1, 0.15) is 41.3 Å². The van der Waals surface area contributed by atoms with Crippen molar-refractivity contribution in [2.75, 3.05) is 6.26 Å². The largest absolute Gasteiger partial charge is 0.289 e. The summed E-state index contributed by atoms with van der Waals surface area (Å²) in [4.78, 5) is 13.5. The van der Waals surface area contributed by atoms with Crippen molar-refractivity contribution in [2.45, 2.75) is 31.1 Å². The molecule has 0 saturated heterocycles. The highest BCUT2D eigenvalue weighted by Gasteiger charge is 2.08. The predicted molar refractivity (Wildman–Crippen MR) is 86.7 cm³/mol. The van der Waals surface area contributed by atoms with Gasteiger partial charge in [0.25, 0.3) is 0 Å². The predicted octanol–water partition coefficient (Wildman–Crippen LogP) is 4.98. The van der Waals surface area contributed by atoms with Gasteiger partial charge in [0.15, 0.2) is 5.78 Å². The fourth-order valence-corrected chi connectivity index (χ4v) is 2.52. The summed E-state index contributed by atoms with van der Waals surface area (Å²) in [5.41, 5.74) is 2.83. The summed E-state index contributed by atoms with van der Waals surface area (Å²) < 4.78 is 0. The van der Waals surface area contributed by atoms with E-state index in [1.54, 1.807) is 11.8 Å². The number of hydrogen-bond acceptors (Lipinski definition) is 2. The van der Waals surface area contributed by atoms with E-state index in [-0.39, 0.29) is 5.78 Å². The first-order valence-electron chi connectivity index (χ1n) is 7.02. The number of thioether (sulfide) groups is 1. The first-order valence-corrected chi connectivity index (χ1v) is 8.24. The van der Waals surface area contributed by atoms with Crippen LogP contribution < -0.4 is 0 Å². The van der Waals surface area contributed by atoms with Crippen molar-refractivity contribution < 1.29 is 4.79 Å². The number of unbranched alkanes of at least 4 members (excludes halogenated alkanes) is 1. The van der Waals surface area contributed by atoms with Gasteiger partial charge in [0, 0.05) is 16.0 Å². The van der Waals surface area contributed by atoms with Gasteiger partial charge in [-0.15, -0.1) is 11.8 Å². The molecule has 0 saturated carbocycles. The van der Waals surface area contributed by atoms with Crippen LogP contribution in [0.5, 0.6) is 0 Å². The summed E-state index contributed by atoms with van der Waals surface area (Å²) in [7, 11) is 0. The quantitative estimate of drug-likeness (QED) is 0.549. The molecule has 2 aromatic rings. The molecule has 0 heterocycles. The van der Waals surface area contributed by atoms with Crippen LogP contribution >= 0.6 is 11.8 Å². The lowest BCUT2D eigenvalue weighted by Crippen LogP contribution is -2.01. The Bertz CT molecular complexity index is 555. The Morgan fingerprint density at radius 1 is 0.950 bits per heavy atom. The molecule has 0 amide bonds. The number of ketones is 1. The van der Waals surface area contributed by atoms with Gasteiger partial charge in [-0.25, -0.2) is 0 Å². The Hall–Kier alpha value is -1.54. The van der Waals surface area contributed by atoms with Crippen molar-refractivity contribution in [2.24, 2.45) is 0 Å². The molecule has 104 valence electrons. The zero-order valence-electron chi connectivity index (χ0n) is 12.1. The van der Waals surface area contributed by atoms with E-state index in [1.807, 2.05) is 42.7 Å². The molecular formula is C18H20OS. The molecule has 2 heteroatoms. The highest BCUT2D eigenvalue weighted by atomic mass is 32.2. The van der Waals surface area contributed by atoms with Crippen LogP contribution in [0.25, 0.3) is 0 Å². The fourth-order valence-electron chi connectivity index (χ4n) is 2.11. The van der Waals surface area contributed by atoms with Gasteiger partial charge in [-0.05, 0) is 48.9 Å². The van der Waals surface area contributed by atoms with E-state index >= 15 is 0 Å². The minimum absolute atomic E-state index is 0.0969. The zero-order chi connectivity index (χ0) is 14.4. The number of benzene rings is 2. The first kappa shape index (κ1) is 14.9. The number of carbonyl (C=O) groups excluding carboxylic acids is 1. The van der Waals surface area contributed by atoms with Crippen LogP contribution in [0.3, 0.4) is 0 Å². The maximum Gasteiger partial charge on any atom is 0.193 e. The Morgan fingerprint density at radius 2 is 1.50 bits per heavy atom. The fraction of sp³-hybridized carbons (Fsp3) is 0.278. The number of carbonyl (C=O) groups is 1. The van der Waals surface area contributed by atoms with Gasteiger partial charge in [0.05, 0.1) is 0 Å². The molecule has 0 radical (unpaired) electrons. The number of aryl methyl sites for hydroxylation is 1. The molecule has 0 aromatic heterocycles. The molecule has 1 nitrogen and oxygen atoms in total. The summed E-state index contributed by atoms with van der Waals surface area (Å²) in [5.74, 6) is 0.0969. The third-order valence-electron chi connectivity index (χ3n) is 3.39. The van der Waals surface area contributed by atoms with Crippen LogP contribution in [-0.2, 0) is 6.42 Å². The van der Waals surface area contributed by atoms with Crippen LogP contribution in [0.15, 0.2) is 53.4 Å². The van der Waals surface area contributed by atoms with E-state index < -0.39 is 0 Å². The Labute approximate surface area is 125 Å². The molecule has 0 aliphatic carbocycles. The average molecular weight is 284 g/mol. The molecule has 0 bridgehead atoms. The third kappa shape index (κ3) is 3.73. The van der Waals surface area contributed by atoms with Crippen LogP contribution in [0, 0.1) is 0 Å². The maximum atomic E-state index is 12.4. The summed E-state index contributed by atoms with van der Waals surface area (Å²) in [6.45, 7) is 2.19. The smallest absolute Gasteiger partial charge is 0.193 e. The summed E-state index contributed by atoms with van der Waals surface area (Å²) in [5, 5.41) is 0. The minimum Gasteiger partial charge on any atom is -0.289 e. The highest BCUT2D eigenvalue weighted by molar-refractivity contribution is 7.98. The molecule has 0 fully saturated rings. The lowest BCUT2D eigenvalue weighted by Gasteiger charge is -2.04. The van der Waals surface area contributed by atoms with E-state index in [4.69, 9.17) is 0 Å². The normalized spacial score (nSPS) is 10.5. The Kier molecular flexibility index (Phi) is 5.42. The summed E-state index contributed by atoms with van der Waals surface area (Å²) in [6.07, 6.45) is 5.52. The van der Waals surface area contributed by atoms with Crippen molar-refractivity contribution >= 4 is 17.5 Å². The second-order valence-corrected chi connectivity index (χ2v) is 5.74. The monoisotopic (exact) mass is 284 g/mol. The molecule has 2 aromatic carbocycles. The standard InChI is InChI=1S/C18H20OS/c1-3-4-5-14-6-8-15(9-7-14)18(19)16-10-12-17(20-2)13-11-16/h6-13H,3-5H2,1-2H3. The molecule has 0 aliphatic heterocycles. The van der Waals surface area contributed by atoms with Gasteiger partial charge in [-0.3, -0.25) is 4.79 Å². The minimum atomic E-state index is 0.0969. The molecule has 0 spiro atoms. The van der Waals surface area contributed by atoms with Gasteiger partial charge >= 0.3 is 0 Å². The third-order valence-corrected chi connectivity index (χ3v) is 4.13. The molecule has 0 aliphatic rings. The average Bonchev–Trinajstić information content (AvgIpc) is 2.53. The van der Waals surface area contributed by atoms with Crippen LogP contribution in [0.2, 0.25) is 0 Å². The van der Waals surface area contributed by atoms with E-state index in [1.165, 1.54) is 23.3 Å². The van der Waals surface area contributed by atoms with Crippen molar-refractivity contribution in [3.63, 3.8) is 0 Å². The van der Waals surface area contributed by atoms with Gasteiger partial charge in [-0.1, -0.05) is 37.6 Å². The van der Waals surface area contributed by atoms with Crippen LogP contribution in [0.4, 0.5) is 0 Å². The van der Waals surface area contributed by atoms with E-state index in [0.29, 0.717) is 0 Å². The van der Waals surface area contributed by atoms with Crippen molar-refractivity contribution in [1.82, 2.24) is 0 Å². The molecule has 0 atom stereocenters. The van der Waals surface area contributed by atoms with Crippen molar-refractivity contribution in [3.05, 3.63) is 65.2 Å². The van der Waals surface area contributed by atoms with Crippen molar-refractivity contribution in [3.8, 4) is 0 Å². The van der Waals surface area contributed by atoms with E-state index in [0.717, 1.165) is 17.5 Å². The van der Waals surface area contributed by atoms with Gasteiger partial charge in [0.2, 0.25) is 0 Å². The summed E-state index contributed by atoms with van der Waals surface area (Å²) >= 11 is 1.68. The van der Waals surface area contributed by atoms with E-state index in [2.05, 4.69) is 19.1 Å². The molecule has 0 N–H and O–H groups in total. The zero-order valence-corrected chi connectivity index (χ0v) is 12.9. The van der Waals surface area contributed by atoms with Gasteiger partial charge in [0.1, 0.15) is 0 Å². The van der Waals surface area contributed by atoms with Gasteiger partial charge in [-0.2, -0.15) is 0 Å². The van der Waals surface area contributed by atoms with Crippen molar-refractivity contribution in [1.29, 1.82) is 0 Å². The lowest BCUT2D eigenvalue weighted by molar-refractivity contribution is 0.103. The van der Waals surface area contributed by atoms with E-state index in [9.17, 15) is 4.79 Å². The second-order valence-electron chi connectivity index (χ2n) is 4.86. The SMILES string of the molecule is CCCCc1ccc(C(=O)c2ccc(SC)cc2)cc1. The molecule has 2 rings (SSSR count). The summed E-state index contributed by atoms with van der Waals surface area (Å²) in [6, 6.07) is 15.8. The second kappa shape index (κ2) is 7.30. The Morgan fingerprint density at radius 3 is 2.00 bits per heavy atom. The van der Waals surface area contributed by atoms with Gasteiger partial charge < -0.3 is 0 Å². The maximum absolute atomic E-state index is 12.4. The lowest BCUT2D eigenvalue weighted by atomic mass is 10.0. The number of rotatable bonds is 6. The first-order chi connectivity index (χ1) is 9.74. The highest BCUT2D eigenvalue weighted by Crippen LogP contribution is 2.17. The Balaban J connectivity index is 2.11. The molecule has 0 unspecified atom stereocenters. The number of hydrogen-bond donors (Lipinski definition) is 0.